The number of nitrogens with two attached hydrogens (primary N) is 1. The zero-order valence-electron chi connectivity index (χ0n) is 11.3. The predicted octanol–water partition coefficient (Wildman–Crippen LogP) is 0.259. The molecule has 0 aliphatic heterocycles. The molecule has 0 bridgehead atoms. The van der Waals surface area contributed by atoms with Crippen LogP contribution < -0.4 is 16.4 Å². The lowest BCUT2D eigenvalue weighted by atomic mass is 10.2. The lowest BCUT2D eigenvalue weighted by Crippen LogP contribution is -2.34. The standard InChI is InChI=1S/C12H19N5O2.ClH/c1-2-10(13)12(19)16-9-5-14-17(6-9)7-11(18)15-8-3-4-8;/h5-6,8,10H,2-4,7,13H2,1H3,(H,15,18)(H,16,19);1H/t10-;/m0./s1. The summed E-state index contributed by atoms with van der Waals surface area (Å²) in [5.41, 5.74) is 6.16. The summed E-state index contributed by atoms with van der Waals surface area (Å²) in [6, 6.07) is -0.189. The number of hydrogen-bond acceptors (Lipinski definition) is 4. The molecule has 112 valence electrons. The first-order chi connectivity index (χ1) is 9.08. The van der Waals surface area contributed by atoms with Gasteiger partial charge in [-0.2, -0.15) is 5.10 Å². The van der Waals surface area contributed by atoms with E-state index in [0.717, 1.165) is 12.8 Å². The van der Waals surface area contributed by atoms with Crippen LogP contribution in [0.3, 0.4) is 0 Å². The van der Waals surface area contributed by atoms with Crippen LogP contribution in [0.5, 0.6) is 0 Å². The summed E-state index contributed by atoms with van der Waals surface area (Å²) in [6.45, 7) is 2.00. The van der Waals surface area contributed by atoms with Gasteiger partial charge in [-0.1, -0.05) is 6.92 Å². The number of nitrogens with one attached hydrogen (secondary N) is 2. The summed E-state index contributed by atoms with van der Waals surface area (Å²) >= 11 is 0. The Balaban J connectivity index is 0.00000200. The third kappa shape index (κ3) is 4.82. The van der Waals surface area contributed by atoms with E-state index in [-0.39, 0.29) is 30.8 Å². The van der Waals surface area contributed by atoms with Crippen molar-refractivity contribution in [2.45, 2.75) is 44.8 Å². The predicted molar refractivity (Wildman–Crippen MR) is 77.5 cm³/mol. The van der Waals surface area contributed by atoms with Crippen LogP contribution in [0.25, 0.3) is 0 Å². The van der Waals surface area contributed by atoms with Crippen molar-refractivity contribution in [3.05, 3.63) is 12.4 Å². The van der Waals surface area contributed by atoms with Crippen molar-refractivity contribution in [1.29, 1.82) is 0 Å². The van der Waals surface area contributed by atoms with Crippen LogP contribution in [0.15, 0.2) is 12.4 Å². The van der Waals surface area contributed by atoms with Crippen molar-refractivity contribution in [3.8, 4) is 0 Å². The highest BCUT2D eigenvalue weighted by Gasteiger charge is 2.23. The van der Waals surface area contributed by atoms with Crippen molar-refractivity contribution in [2.24, 2.45) is 5.73 Å². The summed E-state index contributed by atoms with van der Waals surface area (Å²) in [4.78, 5) is 23.1. The number of amides is 2. The Morgan fingerprint density at radius 2 is 2.25 bits per heavy atom. The number of aromatic nitrogens is 2. The fourth-order valence-electron chi connectivity index (χ4n) is 1.58. The molecule has 0 aromatic carbocycles. The maximum atomic E-state index is 11.6. The molecule has 1 aromatic rings. The number of nitrogens with zero attached hydrogens (tertiary/aromatic N) is 2. The van der Waals surface area contributed by atoms with E-state index in [1.807, 2.05) is 6.92 Å². The Kier molecular flexibility index (Phi) is 5.97. The van der Waals surface area contributed by atoms with Crippen LogP contribution >= 0.6 is 12.4 Å². The van der Waals surface area contributed by atoms with Gasteiger partial charge in [-0.05, 0) is 19.3 Å². The Hall–Kier alpha value is -1.60. The van der Waals surface area contributed by atoms with Crippen LogP contribution in [0, 0.1) is 0 Å². The zero-order valence-corrected chi connectivity index (χ0v) is 12.2. The second-order valence-electron chi connectivity index (χ2n) is 4.77. The van der Waals surface area contributed by atoms with Gasteiger partial charge in [0.25, 0.3) is 0 Å². The van der Waals surface area contributed by atoms with Crippen molar-refractivity contribution in [2.75, 3.05) is 5.32 Å². The van der Waals surface area contributed by atoms with Crippen LogP contribution in [0.1, 0.15) is 26.2 Å². The number of carbonyl (C=O) groups is 2. The largest absolute Gasteiger partial charge is 0.352 e. The first-order valence-corrected chi connectivity index (χ1v) is 6.46. The van der Waals surface area contributed by atoms with E-state index < -0.39 is 6.04 Å². The average Bonchev–Trinajstić information content (AvgIpc) is 3.08. The van der Waals surface area contributed by atoms with Crippen molar-refractivity contribution in [3.63, 3.8) is 0 Å². The molecule has 1 atom stereocenters. The van der Waals surface area contributed by atoms with Crippen LogP contribution in [-0.4, -0.2) is 33.7 Å². The summed E-state index contributed by atoms with van der Waals surface area (Å²) in [7, 11) is 0. The monoisotopic (exact) mass is 301 g/mol. The van der Waals surface area contributed by atoms with Crippen LogP contribution in [0.2, 0.25) is 0 Å². The van der Waals surface area contributed by atoms with Crippen molar-refractivity contribution < 1.29 is 9.59 Å². The van der Waals surface area contributed by atoms with Gasteiger partial charge in [0, 0.05) is 12.2 Å². The maximum Gasteiger partial charge on any atom is 0.241 e. The molecular formula is C12H20ClN5O2. The fourth-order valence-corrected chi connectivity index (χ4v) is 1.58. The highest BCUT2D eigenvalue weighted by Crippen LogP contribution is 2.18. The summed E-state index contributed by atoms with van der Waals surface area (Å²) < 4.78 is 1.49. The van der Waals surface area contributed by atoms with Gasteiger partial charge in [0.1, 0.15) is 6.54 Å². The minimum Gasteiger partial charge on any atom is -0.352 e. The summed E-state index contributed by atoms with van der Waals surface area (Å²) in [5.74, 6) is -0.307. The van der Waals surface area contributed by atoms with Crippen LogP contribution in [-0.2, 0) is 16.1 Å². The van der Waals surface area contributed by atoms with E-state index in [4.69, 9.17) is 5.73 Å². The van der Waals surface area contributed by atoms with E-state index in [0.29, 0.717) is 18.2 Å². The maximum absolute atomic E-state index is 11.6. The number of halogens is 1. The molecule has 1 aliphatic carbocycles. The number of carbonyl (C=O) groups excluding carboxylic acids is 2. The quantitative estimate of drug-likeness (QED) is 0.701. The number of anilines is 1. The zero-order chi connectivity index (χ0) is 13.8. The van der Waals surface area contributed by atoms with Crippen molar-refractivity contribution >= 4 is 29.9 Å². The fraction of sp³-hybridized carbons (Fsp3) is 0.583. The first kappa shape index (κ1) is 16.5. The van der Waals surface area contributed by atoms with Gasteiger partial charge in [-0.15, -0.1) is 12.4 Å². The lowest BCUT2D eigenvalue weighted by molar-refractivity contribution is -0.122. The molecule has 0 spiro atoms. The molecule has 1 saturated carbocycles. The minimum atomic E-state index is -0.526. The Morgan fingerprint density at radius 3 is 2.85 bits per heavy atom. The van der Waals surface area contributed by atoms with Gasteiger partial charge >= 0.3 is 0 Å². The third-order valence-electron chi connectivity index (χ3n) is 2.93. The SMILES string of the molecule is CC[C@H](N)C(=O)Nc1cnn(CC(=O)NC2CC2)c1.Cl. The normalized spacial score (nSPS) is 15.1. The Morgan fingerprint density at radius 1 is 1.55 bits per heavy atom. The van der Waals surface area contributed by atoms with Crippen molar-refractivity contribution in [1.82, 2.24) is 15.1 Å². The second kappa shape index (κ2) is 7.25. The highest BCUT2D eigenvalue weighted by molar-refractivity contribution is 5.94. The molecule has 1 aromatic heterocycles. The van der Waals surface area contributed by atoms with E-state index in [9.17, 15) is 9.59 Å². The molecule has 1 aliphatic rings. The molecule has 1 fully saturated rings. The molecule has 1 heterocycles. The van der Waals surface area contributed by atoms with Crippen LogP contribution in [0.4, 0.5) is 5.69 Å². The molecule has 7 nitrogen and oxygen atoms in total. The smallest absolute Gasteiger partial charge is 0.241 e. The molecule has 0 unspecified atom stereocenters. The average molecular weight is 302 g/mol. The second-order valence-corrected chi connectivity index (χ2v) is 4.77. The molecule has 0 radical (unpaired) electrons. The third-order valence-corrected chi connectivity index (χ3v) is 2.93. The molecule has 8 heteroatoms. The lowest BCUT2D eigenvalue weighted by Gasteiger charge is -2.07. The van der Waals surface area contributed by atoms with Gasteiger partial charge in [0.2, 0.25) is 11.8 Å². The number of hydrogen-bond donors (Lipinski definition) is 3. The van der Waals surface area contributed by atoms with Gasteiger partial charge in [0.05, 0.1) is 17.9 Å². The summed E-state index contributed by atoms with van der Waals surface area (Å²) in [5, 5.41) is 9.56. The van der Waals surface area contributed by atoms with E-state index in [1.54, 1.807) is 6.20 Å². The van der Waals surface area contributed by atoms with Gasteiger partial charge in [-0.25, -0.2) is 0 Å². The first-order valence-electron chi connectivity index (χ1n) is 6.46. The highest BCUT2D eigenvalue weighted by atomic mass is 35.5. The molecule has 20 heavy (non-hydrogen) atoms. The van der Waals surface area contributed by atoms with E-state index >= 15 is 0 Å². The molecule has 4 N–H and O–H groups in total. The minimum absolute atomic E-state index is 0. The van der Waals surface area contributed by atoms with E-state index in [1.165, 1.54) is 10.9 Å². The summed E-state index contributed by atoms with van der Waals surface area (Å²) in [6.07, 6.45) is 5.81. The van der Waals surface area contributed by atoms with Gasteiger partial charge in [-0.3, -0.25) is 14.3 Å². The molecular weight excluding hydrogens is 282 g/mol. The Bertz CT molecular complexity index is 472. The Labute approximate surface area is 123 Å². The van der Waals surface area contributed by atoms with Gasteiger partial charge in [0.15, 0.2) is 0 Å². The molecule has 2 rings (SSSR count). The molecule has 2 amide bonds. The topological polar surface area (TPSA) is 102 Å². The molecule has 0 saturated heterocycles. The van der Waals surface area contributed by atoms with E-state index in [2.05, 4.69) is 15.7 Å². The number of rotatable bonds is 6. The van der Waals surface area contributed by atoms with Gasteiger partial charge < -0.3 is 16.4 Å².